The number of benzene rings is 1. The minimum absolute atomic E-state index is 0.0626. The number of hydrogen-bond acceptors (Lipinski definition) is 4. The molecule has 4 nitrogen and oxygen atoms in total. The number of alkyl halides is 3. The highest BCUT2D eigenvalue weighted by Gasteiger charge is 2.31. The summed E-state index contributed by atoms with van der Waals surface area (Å²) in [6, 6.07) is 3.82. The first-order chi connectivity index (χ1) is 9.26. The molecule has 8 heteroatoms. The number of carbonyl (C=O) groups excluding carboxylic acids is 1. The number of rotatable bonds is 4. The topological polar surface area (TPSA) is 59.3 Å². The second-order valence-electron chi connectivity index (χ2n) is 3.58. The molecule has 0 unspecified atom stereocenters. The van der Waals surface area contributed by atoms with Crippen LogP contribution in [-0.2, 0) is 16.0 Å². The summed E-state index contributed by atoms with van der Waals surface area (Å²) in [5.41, 5.74) is 0.159. The van der Waals surface area contributed by atoms with Crippen LogP contribution in [-0.4, -0.2) is 18.9 Å². The van der Waals surface area contributed by atoms with Gasteiger partial charge in [0.25, 0.3) is 0 Å². The van der Waals surface area contributed by atoms with Crippen LogP contribution in [0.15, 0.2) is 16.6 Å². The first kappa shape index (κ1) is 16.3. The van der Waals surface area contributed by atoms with E-state index in [4.69, 9.17) is 10.00 Å². The molecule has 108 valence electrons. The molecule has 1 rings (SSSR count). The number of carbonyl (C=O) groups is 1. The Hall–Kier alpha value is -1.75. The Morgan fingerprint density at radius 3 is 2.60 bits per heavy atom. The van der Waals surface area contributed by atoms with Gasteiger partial charge in [0.2, 0.25) is 0 Å². The smallest absolute Gasteiger partial charge is 0.466 e. The highest BCUT2D eigenvalue weighted by Crippen LogP contribution is 2.30. The van der Waals surface area contributed by atoms with Gasteiger partial charge in [0.1, 0.15) is 11.8 Å². The van der Waals surface area contributed by atoms with Gasteiger partial charge in [-0.05, 0) is 40.5 Å². The summed E-state index contributed by atoms with van der Waals surface area (Å²) in [5, 5.41) is 8.97. The predicted octanol–water partition coefficient (Wildman–Crippen LogP) is 3.32. The summed E-state index contributed by atoms with van der Waals surface area (Å²) in [5.74, 6) is -1.15. The lowest BCUT2D eigenvalue weighted by atomic mass is 10.1. The number of nitriles is 1. The summed E-state index contributed by atoms with van der Waals surface area (Å²) in [6.45, 7) is 1.74. The summed E-state index contributed by atoms with van der Waals surface area (Å²) < 4.78 is 45.1. The van der Waals surface area contributed by atoms with Crippen molar-refractivity contribution in [3.63, 3.8) is 0 Å². The van der Waals surface area contributed by atoms with E-state index in [0.717, 1.165) is 12.1 Å². The normalized spacial score (nSPS) is 10.8. The van der Waals surface area contributed by atoms with Gasteiger partial charge in [0, 0.05) is 4.47 Å². The van der Waals surface area contributed by atoms with E-state index in [1.165, 1.54) is 0 Å². The maximum Gasteiger partial charge on any atom is 0.573 e. The van der Waals surface area contributed by atoms with E-state index in [2.05, 4.69) is 20.7 Å². The molecule has 0 aliphatic heterocycles. The van der Waals surface area contributed by atoms with Gasteiger partial charge in [-0.25, -0.2) is 0 Å². The summed E-state index contributed by atoms with van der Waals surface area (Å²) in [4.78, 5) is 11.4. The average Bonchev–Trinajstić information content (AvgIpc) is 2.26. The van der Waals surface area contributed by atoms with E-state index < -0.39 is 18.1 Å². The van der Waals surface area contributed by atoms with Crippen LogP contribution in [0.25, 0.3) is 0 Å². The molecule has 0 atom stereocenters. The lowest BCUT2D eigenvalue weighted by Crippen LogP contribution is -2.17. The zero-order valence-corrected chi connectivity index (χ0v) is 11.8. The fourth-order valence-corrected chi connectivity index (χ4v) is 2.03. The van der Waals surface area contributed by atoms with Crippen LogP contribution in [0.2, 0.25) is 0 Å². The number of hydrogen-bond donors (Lipinski definition) is 0. The molecule has 20 heavy (non-hydrogen) atoms. The maximum atomic E-state index is 12.2. The molecule has 1 aromatic carbocycles. The molecule has 0 saturated carbocycles. The number of esters is 1. The van der Waals surface area contributed by atoms with E-state index in [9.17, 15) is 18.0 Å². The molecule has 0 heterocycles. The van der Waals surface area contributed by atoms with Gasteiger partial charge in [-0.1, -0.05) is 0 Å². The third kappa shape index (κ3) is 4.74. The van der Waals surface area contributed by atoms with Crippen molar-refractivity contribution in [3.05, 3.63) is 27.7 Å². The van der Waals surface area contributed by atoms with Gasteiger partial charge in [0.15, 0.2) is 0 Å². The molecular formula is C12H9BrF3NO3. The first-order valence-corrected chi connectivity index (χ1v) is 6.20. The lowest BCUT2D eigenvalue weighted by Gasteiger charge is -2.12. The van der Waals surface area contributed by atoms with Gasteiger partial charge in [-0.2, -0.15) is 5.26 Å². The Bertz CT molecular complexity index is 552. The van der Waals surface area contributed by atoms with Gasteiger partial charge in [-0.3, -0.25) is 4.79 Å². The van der Waals surface area contributed by atoms with Crippen LogP contribution < -0.4 is 4.74 Å². The summed E-state index contributed by atoms with van der Waals surface area (Å²) in [7, 11) is 0. The summed E-state index contributed by atoms with van der Waals surface area (Å²) in [6.07, 6.45) is -5.17. The molecule has 0 fully saturated rings. The third-order valence-electron chi connectivity index (χ3n) is 2.13. The second-order valence-corrected chi connectivity index (χ2v) is 4.43. The number of halogens is 4. The van der Waals surface area contributed by atoms with Gasteiger partial charge < -0.3 is 9.47 Å². The Morgan fingerprint density at radius 2 is 2.10 bits per heavy atom. The highest BCUT2D eigenvalue weighted by molar-refractivity contribution is 9.10. The molecule has 0 spiro atoms. The highest BCUT2D eigenvalue weighted by atomic mass is 79.9. The van der Waals surface area contributed by atoms with E-state index in [1.807, 2.05) is 6.07 Å². The quantitative estimate of drug-likeness (QED) is 0.780. The van der Waals surface area contributed by atoms with E-state index >= 15 is 0 Å². The standard InChI is InChI=1S/C12H9BrF3NO3/c1-2-19-11(18)4-7-3-8(20-12(14,15)16)5-10(13)9(7)6-17/h3,5H,2,4H2,1H3. The third-order valence-corrected chi connectivity index (χ3v) is 2.76. The minimum Gasteiger partial charge on any atom is -0.466 e. The Kier molecular flexibility index (Phi) is 5.39. The van der Waals surface area contributed by atoms with Gasteiger partial charge >= 0.3 is 12.3 Å². The van der Waals surface area contributed by atoms with Crippen LogP contribution in [0.1, 0.15) is 18.1 Å². The molecule has 0 bridgehead atoms. The van der Waals surface area contributed by atoms with Crippen molar-refractivity contribution in [1.29, 1.82) is 5.26 Å². The van der Waals surface area contributed by atoms with Crippen LogP contribution in [0.5, 0.6) is 5.75 Å². The van der Waals surface area contributed by atoms with Gasteiger partial charge in [-0.15, -0.1) is 13.2 Å². The van der Waals surface area contributed by atoms with Crippen molar-refractivity contribution in [1.82, 2.24) is 0 Å². The average molecular weight is 352 g/mol. The minimum atomic E-state index is -4.85. The van der Waals surface area contributed by atoms with E-state index in [-0.39, 0.29) is 28.6 Å². The predicted molar refractivity (Wildman–Crippen MR) is 65.9 cm³/mol. The zero-order chi connectivity index (χ0) is 15.3. The van der Waals surface area contributed by atoms with Crippen LogP contribution in [0.4, 0.5) is 13.2 Å². The van der Waals surface area contributed by atoms with Crippen molar-refractivity contribution in [3.8, 4) is 11.8 Å². The molecule has 0 amide bonds. The van der Waals surface area contributed by atoms with Crippen LogP contribution in [0.3, 0.4) is 0 Å². The lowest BCUT2D eigenvalue weighted by molar-refractivity contribution is -0.274. The first-order valence-electron chi connectivity index (χ1n) is 5.40. The van der Waals surface area contributed by atoms with E-state index in [1.54, 1.807) is 6.92 Å². The van der Waals surface area contributed by atoms with Gasteiger partial charge in [0.05, 0.1) is 18.6 Å². The summed E-state index contributed by atoms with van der Waals surface area (Å²) >= 11 is 2.97. The molecule has 0 aromatic heterocycles. The molecule has 0 N–H and O–H groups in total. The Labute approximate surface area is 121 Å². The van der Waals surface area contributed by atoms with Crippen molar-refractivity contribution < 1.29 is 27.4 Å². The molecular weight excluding hydrogens is 343 g/mol. The van der Waals surface area contributed by atoms with Crippen molar-refractivity contribution in [2.24, 2.45) is 0 Å². The maximum absolute atomic E-state index is 12.2. The fourth-order valence-electron chi connectivity index (χ4n) is 1.46. The zero-order valence-electron chi connectivity index (χ0n) is 10.3. The molecule has 0 aliphatic carbocycles. The van der Waals surface area contributed by atoms with Crippen molar-refractivity contribution >= 4 is 21.9 Å². The Balaban J connectivity index is 3.13. The second kappa shape index (κ2) is 6.61. The monoisotopic (exact) mass is 351 g/mol. The van der Waals surface area contributed by atoms with Crippen molar-refractivity contribution in [2.75, 3.05) is 6.61 Å². The van der Waals surface area contributed by atoms with E-state index in [0.29, 0.717) is 0 Å². The Morgan fingerprint density at radius 1 is 1.45 bits per heavy atom. The van der Waals surface area contributed by atoms with Crippen LogP contribution in [0, 0.1) is 11.3 Å². The fraction of sp³-hybridized carbons (Fsp3) is 0.333. The van der Waals surface area contributed by atoms with Crippen molar-refractivity contribution in [2.45, 2.75) is 19.7 Å². The SMILES string of the molecule is CCOC(=O)Cc1cc(OC(F)(F)F)cc(Br)c1C#N. The largest absolute Gasteiger partial charge is 0.573 e. The molecule has 0 aliphatic rings. The molecule has 0 radical (unpaired) electrons. The molecule has 1 aromatic rings. The number of ether oxygens (including phenoxy) is 2. The number of nitrogens with zero attached hydrogens (tertiary/aromatic N) is 1. The van der Waals surface area contributed by atoms with Crippen LogP contribution >= 0.6 is 15.9 Å². The molecule has 0 saturated heterocycles.